The van der Waals surface area contributed by atoms with E-state index in [2.05, 4.69) is 12.1 Å². The Morgan fingerprint density at radius 1 is 0.793 bits per heavy atom. The molecular formula is C27H18FN. The average molecular weight is 375 g/mol. The zero-order valence-corrected chi connectivity index (χ0v) is 16.0. The van der Waals surface area contributed by atoms with Gasteiger partial charge in [0.1, 0.15) is 5.82 Å². The molecule has 0 saturated heterocycles. The number of hydrogen-bond donors (Lipinski definition) is 0. The van der Waals surface area contributed by atoms with Crippen LogP contribution in [-0.2, 0) is 5.41 Å². The Balaban J connectivity index is 2.07. The minimum absolute atomic E-state index is 0.247. The first-order chi connectivity index (χ1) is 14.2. The summed E-state index contributed by atoms with van der Waals surface area (Å²) in [5, 5.41) is 9.88. The number of nitrogens with zero attached hydrogens (tertiary/aromatic N) is 1. The van der Waals surface area contributed by atoms with Gasteiger partial charge in [0.25, 0.3) is 0 Å². The monoisotopic (exact) mass is 375 g/mol. The molecule has 0 atom stereocenters. The maximum atomic E-state index is 15.9. The summed E-state index contributed by atoms with van der Waals surface area (Å²) in [6.07, 6.45) is 0. The highest BCUT2D eigenvalue weighted by Crippen LogP contribution is 2.57. The Labute approximate surface area is 169 Å². The van der Waals surface area contributed by atoms with Crippen LogP contribution in [0.5, 0.6) is 0 Å². The maximum absolute atomic E-state index is 15.9. The number of aryl methyl sites for hydroxylation is 1. The van der Waals surface area contributed by atoms with Gasteiger partial charge >= 0.3 is 0 Å². The molecule has 0 bridgehead atoms. The summed E-state index contributed by atoms with van der Waals surface area (Å²) in [4.78, 5) is 0. The van der Waals surface area contributed by atoms with Crippen molar-refractivity contribution in [2.45, 2.75) is 12.3 Å². The van der Waals surface area contributed by atoms with Crippen LogP contribution in [0.3, 0.4) is 0 Å². The molecule has 138 valence electrons. The molecule has 5 rings (SSSR count). The Bertz CT molecular complexity index is 1230. The van der Waals surface area contributed by atoms with Crippen LogP contribution >= 0.6 is 0 Å². The Hall–Kier alpha value is -3.70. The topological polar surface area (TPSA) is 23.8 Å². The van der Waals surface area contributed by atoms with Gasteiger partial charge in [-0.15, -0.1) is 0 Å². The molecule has 2 heteroatoms. The van der Waals surface area contributed by atoms with Gasteiger partial charge in [0.15, 0.2) is 0 Å². The first-order valence-corrected chi connectivity index (χ1v) is 9.64. The second-order valence-electron chi connectivity index (χ2n) is 7.44. The van der Waals surface area contributed by atoms with E-state index in [1.165, 1.54) is 0 Å². The van der Waals surface area contributed by atoms with Gasteiger partial charge in [-0.05, 0) is 40.8 Å². The molecule has 0 heterocycles. The van der Waals surface area contributed by atoms with Crippen molar-refractivity contribution >= 4 is 0 Å². The van der Waals surface area contributed by atoms with Gasteiger partial charge in [0.05, 0.1) is 17.0 Å². The molecule has 0 radical (unpaired) electrons. The lowest BCUT2D eigenvalue weighted by atomic mass is 9.67. The molecular weight excluding hydrogens is 357 g/mol. The fourth-order valence-corrected chi connectivity index (χ4v) is 4.82. The van der Waals surface area contributed by atoms with E-state index in [0.717, 1.165) is 22.3 Å². The van der Waals surface area contributed by atoms with Gasteiger partial charge < -0.3 is 0 Å². The molecule has 4 aromatic carbocycles. The minimum atomic E-state index is -0.809. The first kappa shape index (κ1) is 17.4. The summed E-state index contributed by atoms with van der Waals surface area (Å²) in [6, 6.07) is 32.0. The van der Waals surface area contributed by atoms with Gasteiger partial charge in [0.2, 0.25) is 0 Å². The predicted molar refractivity (Wildman–Crippen MR) is 113 cm³/mol. The molecule has 1 aliphatic carbocycles. The zero-order valence-electron chi connectivity index (χ0n) is 16.0. The number of hydrogen-bond acceptors (Lipinski definition) is 1. The fourth-order valence-electron chi connectivity index (χ4n) is 4.82. The third kappa shape index (κ3) is 2.25. The SMILES string of the molecule is Cc1cc(C#N)c2c(c1F)C(c1ccccc1)(c1ccccc1)c1ccccc1-2. The smallest absolute Gasteiger partial charge is 0.131 e. The summed E-state index contributed by atoms with van der Waals surface area (Å²) >= 11 is 0. The lowest BCUT2D eigenvalue weighted by molar-refractivity contribution is 0.580. The van der Waals surface area contributed by atoms with E-state index in [4.69, 9.17) is 0 Å². The van der Waals surface area contributed by atoms with Crippen LogP contribution in [0.4, 0.5) is 4.39 Å². The highest BCUT2D eigenvalue weighted by atomic mass is 19.1. The summed E-state index contributed by atoms with van der Waals surface area (Å²) < 4.78 is 15.9. The Morgan fingerprint density at radius 2 is 1.34 bits per heavy atom. The quantitative estimate of drug-likeness (QED) is 0.352. The van der Waals surface area contributed by atoms with Crippen molar-refractivity contribution in [3.05, 3.63) is 130 Å². The second-order valence-corrected chi connectivity index (χ2v) is 7.44. The molecule has 0 spiro atoms. The standard InChI is InChI=1S/C27H18FN/c1-18-16-19(17-29)24-22-14-8-9-15-23(22)27(25(24)26(18)28,20-10-4-2-5-11-20)21-12-6-3-7-13-21/h2-16H,1H3. The number of benzene rings is 4. The first-order valence-electron chi connectivity index (χ1n) is 9.64. The molecule has 1 aliphatic rings. The number of nitriles is 1. The fraction of sp³-hybridized carbons (Fsp3) is 0.0741. The summed E-state index contributed by atoms with van der Waals surface area (Å²) in [6.45, 7) is 1.74. The average Bonchev–Trinajstić information content (AvgIpc) is 3.10. The van der Waals surface area contributed by atoms with E-state index in [0.29, 0.717) is 22.3 Å². The van der Waals surface area contributed by atoms with Crippen LogP contribution in [0.25, 0.3) is 11.1 Å². The van der Waals surface area contributed by atoms with E-state index in [9.17, 15) is 5.26 Å². The van der Waals surface area contributed by atoms with Gasteiger partial charge in [-0.25, -0.2) is 4.39 Å². The maximum Gasteiger partial charge on any atom is 0.131 e. The largest absolute Gasteiger partial charge is 0.206 e. The molecule has 1 nitrogen and oxygen atoms in total. The molecule has 0 aromatic heterocycles. The number of rotatable bonds is 2. The molecule has 4 aromatic rings. The van der Waals surface area contributed by atoms with Crippen molar-refractivity contribution < 1.29 is 4.39 Å². The van der Waals surface area contributed by atoms with Crippen LogP contribution in [-0.4, -0.2) is 0 Å². The van der Waals surface area contributed by atoms with Crippen LogP contribution in [0.2, 0.25) is 0 Å². The van der Waals surface area contributed by atoms with E-state index in [1.54, 1.807) is 13.0 Å². The minimum Gasteiger partial charge on any atom is -0.206 e. The molecule has 0 amide bonds. The lowest BCUT2D eigenvalue weighted by Crippen LogP contribution is -2.30. The molecule has 29 heavy (non-hydrogen) atoms. The molecule has 0 aliphatic heterocycles. The van der Waals surface area contributed by atoms with Crippen molar-refractivity contribution in [1.82, 2.24) is 0 Å². The number of fused-ring (bicyclic) bond motifs is 3. The van der Waals surface area contributed by atoms with Gasteiger partial charge in [-0.2, -0.15) is 5.26 Å². The Morgan fingerprint density at radius 3 is 1.93 bits per heavy atom. The van der Waals surface area contributed by atoms with Gasteiger partial charge in [0, 0.05) is 11.1 Å². The summed E-state index contributed by atoms with van der Waals surface area (Å²) in [5.41, 5.74) is 5.39. The van der Waals surface area contributed by atoms with E-state index < -0.39 is 5.41 Å². The van der Waals surface area contributed by atoms with Crippen molar-refractivity contribution in [2.75, 3.05) is 0 Å². The zero-order chi connectivity index (χ0) is 20.0. The molecule has 0 N–H and O–H groups in total. The van der Waals surface area contributed by atoms with Crippen molar-refractivity contribution in [2.24, 2.45) is 0 Å². The molecule has 0 saturated carbocycles. The van der Waals surface area contributed by atoms with E-state index >= 15 is 4.39 Å². The van der Waals surface area contributed by atoms with Crippen LogP contribution in [0.15, 0.2) is 91.0 Å². The Kier molecular flexibility index (Phi) is 3.86. The van der Waals surface area contributed by atoms with Crippen LogP contribution < -0.4 is 0 Å². The highest BCUT2D eigenvalue weighted by molar-refractivity contribution is 5.89. The van der Waals surface area contributed by atoms with Crippen molar-refractivity contribution in [3.63, 3.8) is 0 Å². The number of halogens is 1. The summed E-state index contributed by atoms with van der Waals surface area (Å²) in [5.74, 6) is -0.247. The van der Waals surface area contributed by atoms with Gasteiger partial charge in [-0.1, -0.05) is 84.9 Å². The van der Waals surface area contributed by atoms with Crippen LogP contribution in [0, 0.1) is 24.1 Å². The van der Waals surface area contributed by atoms with Crippen LogP contribution in [0.1, 0.15) is 33.4 Å². The third-order valence-corrected chi connectivity index (χ3v) is 5.96. The second kappa shape index (κ2) is 6.43. The summed E-state index contributed by atoms with van der Waals surface area (Å²) in [7, 11) is 0. The van der Waals surface area contributed by atoms with Gasteiger partial charge in [-0.3, -0.25) is 0 Å². The normalized spacial score (nSPS) is 13.4. The van der Waals surface area contributed by atoms with Crippen molar-refractivity contribution in [1.29, 1.82) is 5.26 Å². The molecule has 0 fully saturated rings. The lowest BCUT2D eigenvalue weighted by Gasteiger charge is -2.34. The highest BCUT2D eigenvalue weighted by Gasteiger charge is 2.49. The van der Waals surface area contributed by atoms with E-state index in [1.807, 2.05) is 78.9 Å². The molecule has 0 unspecified atom stereocenters. The van der Waals surface area contributed by atoms with Crippen molar-refractivity contribution in [3.8, 4) is 17.2 Å². The third-order valence-electron chi connectivity index (χ3n) is 5.96. The predicted octanol–water partition coefficient (Wildman–Crippen LogP) is 6.37. The van der Waals surface area contributed by atoms with E-state index in [-0.39, 0.29) is 5.82 Å².